The highest BCUT2D eigenvalue weighted by Crippen LogP contribution is 2.34. The number of rotatable bonds is 3. The molecule has 0 radical (unpaired) electrons. The summed E-state index contributed by atoms with van der Waals surface area (Å²) in [6.07, 6.45) is 0.593. The highest BCUT2D eigenvalue weighted by molar-refractivity contribution is 7.03. The van der Waals surface area contributed by atoms with Gasteiger partial charge in [0, 0.05) is 56.0 Å². The van der Waals surface area contributed by atoms with E-state index in [9.17, 15) is 4.79 Å². The number of aromatic nitrogens is 2. The van der Waals surface area contributed by atoms with E-state index >= 15 is 0 Å². The Morgan fingerprint density at radius 2 is 2.12 bits per heavy atom. The van der Waals surface area contributed by atoms with Crippen LogP contribution in [-0.4, -0.2) is 65.2 Å². The number of benzene rings is 1. The predicted molar refractivity (Wildman–Crippen MR) is 96.1 cm³/mol. The summed E-state index contributed by atoms with van der Waals surface area (Å²) in [4.78, 5) is 16.3. The molecule has 3 heterocycles. The van der Waals surface area contributed by atoms with Crippen molar-refractivity contribution in [3.8, 4) is 11.3 Å². The Hall–Kier alpha value is -1.83. The third kappa shape index (κ3) is 3.58. The summed E-state index contributed by atoms with van der Waals surface area (Å²) in [6.45, 7) is 4.87. The van der Waals surface area contributed by atoms with Gasteiger partial charge in [0.25, 0.3) is 0 Å². The Morgan fingerprint density at radius 1 is 1.28 bits per heavy atom. The molecule has 2 fully saturated rings. The summed E-state index contributed by atoms with van der Waals surface area (Å²) in [5.74, 6) is 0.228. The first-order valence-corrected chi connectivity index (χ1v) is 9.38. The standard InChI is InChI=1S/C18H22N4O2S/c1-21-11-18(8-17(21)23)12-22(6-7-24-13-18)9-14-2-4-15(5-3-14)16-10-25-20-19-16/h2-5,10H,6-9,11-13H2,1H3. The summed E-state index contributed by atoms with van der Waals surface area (Å²) in [6, 6.07) is 8.50. The van der Waals surface area contributed by atoms with Crippen LogP contribution in [-0.2, 0) is 16.1 Å². The monoisotopic (exact) mass is 358 g/mol. The first kappa shape index (κ1) is 16.6. The van der Waals surface area contributed by atoms with Crippen molar-refractivity contribution in [2.45, 2.75) is 13.0 Å². The van der Waals surface area contributed by atoms with Gasteiger partial charge in [0.15, 0.2) is 0 Å². The van der Waals surface area contributed by atoms with Crippen LogP contribution in [0.2, 0.25) is 0 Å². The third-order valence-corrected chi connectivity index (χ3v) is 5.56. The van der Waals surface area contributed by atoms with E-state index in [2.05, 4.69) is 38.8 Å². The zero-order valence-electron chi connectivity index (χ0n) is 14.4. The van der Waals surface area contributed by atoms with Gasteiger partial charge in [-0.25, -0.2) is 0 Å². The molecule has 7 heteroatoms. The van der Waals surface area contributed by atoms with Crippen LogP contribution in [0.25, 0.3) is 11.3 Å². The first-order chi connectivity index (χ1) is 12.1. The predicted octanol–water partition coefficient (Wildman–Crippen LogP) is 1.89. The fourth-order valence-electron chi connectivity index (χ4n) is 3.85. The van der Waals surface area contributed by atoms with Crippen LogP contribution in [0.1, 0.15) is 12.0 Å². The number of likely N-dealkylation sites (tertiary alicyclic amines) is 1. The summed E-state index contributed by atoms with van der Waals surface area (Å²) in [5, 5.41) is 6.07. The highest BCUT2D eigenvalue weighted by atomic mass is 32.1. The molecule has 6 nitrogen and oxygen atoms in total. The van der Waals surface area contributed by atoms with Crippen LogP contribution in [0.3, 0.4) is 0 Å². The van der Waals surface area contributed by atoms with E-state index in [-0.39, 0.29) is 11.3 Å². The van der Waals surface area contributed by atoms with Crippen LogP contribution in [0.5, 0.6) is 0 Å². The molecule has 1 unspecified atom stereocenters. The van der Waals surface area contributed by atoms with Crippen LogP contribution >= 0.6 is 11.5 Å². The van der Waals surface area contributed by atoms with Gasteiger partial charge in [-0.2, -0.15) is 0 Å². The van der Waals surface area contributed by atoms with Crippen LogP contribution < -0.4 is 0 Å². The maximum Gasteiger partial charge on any atom is 0.223 e. The molecular weight excluding hydrogens is 336 g/mol. The molecule has 0 N–H and O–H groups in total. The van der Waals surface area contributed by atoms with Gasteiger partial charge >= 0.3 is 0 Å². The van der Waals surface area contributed by atoms with Crippen LogP contribution in [0.15, 0.2) is 29.6 Å². The lowest BCUT2D eigenvalue weighted by Gasteiger charge is -2.30. The van der Waals surface area contributed by atoms with Crippen molar-refractivity contribution in [2.24, 2.45) is 5.41 Å². The Labute approximate surface area is 151 Å². The van der Waals surface area contributed by atoms with Crippen molar-refractivity contribution in [3.05, 3.63) is 35.2 Å². The Morgan fingerprint density at radius 3 is 2.80 bits per heavy atom. The van der Waals surface area contributed by atoms with Crippen molar-refractivity contribution in [1.29, 1.82) is 0 Å². The van der Waals surface area contributed by atoms with Gasteiger partial charge in [0.1, 0.15) is 5.69 Å². The molecule has 0 saturated carbocycles. The normalized spacial score (nSPS) is 24.8. The van der Waals surface area contributed by atoms with E-state index < -0.39 is 0 Å². The first-order valence-electron chi connectivity index (χ1n) is 8.54. The number of nitrogens with zero attached hydrogens (tertiary/aromatic N) is 4. The van der Waals surface area contributed by atoms with Crippen molar-refractivity contribution >= 4 is 17.4 Å². The van der Waals surface area contributed by atoms with Gasteiger partial charge in [-0.1, -0.05) is 28.8 Å². The largest absolute Gasteiger partial charge is 0.379 e. The molecule has 0 bridgehead atoms. The molecule has 2 aliphatic rings. The van der Waals surface area contributed by atoms with E-state index in [1.165, 1.54) is 17.1 Å². The zero-order valence-corrected chi connectivity index (χ0v) is 15.2. The van der Waals surface area contributed by atoms with Gasteiger partial charge in [-0.05, 0) is 17.1 Å². The molecule has 2 aromatic rings. The summed E-state index contributed by atoms with van der Waals surface area (Å²) in [7, 11) is 1.89. The second kappa shape index (κ2) is 6.82. The minimum Gasteiger partial charge on any atom is -0.379 e. The summed E-state index contributed by atoms with van der Waals surface area (Å²) >= 11 is 1.37. The molecule has 1 aromatic carbocycles. The molecule has 1 amide bonds. The SMILES string of the molecule is CN1CC2(COCCN(Cc3ccc(-c4csnn4)cc3)C2)CC1=O. The fraction of sp³-hybridized carbons (Fsp3) is 0.500. The quantitative estimate of drug-likeness (QED) is 0.839. The van der Waals surface area contributed by atoms with Gasteiger partial charge in [-0.3, -0.25) is 9.69 Å². The van der Waals surface area contributed by atoms with Crippen molar-refractivity contribution < 1.29 is 9.53 Å². The minimum absolute atomic E-state index is 0.0610. The lowest BCUT2D eigenvalue weighted by Crippen LogP contribution is -2.40. The maximum atomic E-state index is 12.0. The molecule has 2 aliphatic heterocycles. The number of carbonyl (C=O) groups is 1. The number of amides is 1. The van der Waals surface area contributed by atoms with Crippen LogP contribution in [0.4, 0.5) is 0 Å². The van der Waals surface area contributed by atoms with E-state index in [0.717, 1.165) is 44.0 Å². The van der Waals surface area contributed by atoms with E-state index in [0.29, 0.717) is 13.0 Å². The molecular formula is C18H22N4O2S. The number of hydrogen-bond donors (Lipinski definition) is 0. The average Bonchev–Trinajstić information content (AvgIpc) is 3.17. The van der Waals surface area contributed by atoms with Gasteiger partial charge in [-0.15, -0.1) is 5.10 Å². The Kier molecular flexibility index (Phi) is 4.54. The van der Waals surface area contributed by atoms with Gasteiger partial charge in [0.2, 0.25) is 5.91 Å². The van der Waals surface area contributed by atoms with E-state index in [1.807, 2.05) is 17.3 Å². The second-order valence-electron chi connectivity index (χ2n) is 7.18. The average molecular weight is 358 g/mol. The zero-order chi connectivity index (χ0) is 17.3. The maximum absolute atomic E-state index is 12.0. The van der Waals surface area contributed by atoms with E-state index in [4.69, 9.17) is 4.74 Å². The fourth-order valence-corrected chi connectivity index (χ4v) is 4.32. The topological polar surface area (TPSA) is 58.6 Å². The molecule has 25 heavy (non-hydrogen) atoms. The van der Waals surface area contributed by atoms with Crippen LogP contribution in [0, 0.1) is 5.41 Å². The minimum atomic E-state index is -0.0610. The molecule has 1 atom stereocenters. The number of hydrogen-bond acceptors (Lipinski definition) is 6. The van der Waals surface area contributed by atoms with E-state index in [1.54, 1.807) is 0 Å². The Bertz CT molecular complexity index is 734. The smallest absolute Gasteiger partial charge is 0.223 e. The lowest BCUT2D eigenvalue weighted by molar-refractivity contribution is -0.126. The molecule has 132 valence electrons. The van der Waals surface area contributed by atoms with Gasteiger partial charge < -0.3 is 9.64 Å². The third-order valence-electron chi connectivity index (χ3n) is 5.06. The van der Waals surface area contributed by atoms with Crippen molar-refractivity contribution in [2.75, 3.05) is 39.9 Å². The number of ether oxygens (including phenoxy) is 1. The van der Waals surface area contributed by atoms with Crippen molar-refractivity contribution in [3.63, 3.8) is 0 Å². The highest BCUT2D eigenvalue weighted by Gasteiger charge is 2.44. The summed E-state index contributed by atoms with van der Waals surface area (Å²) < 4.78 is 9.75. The molecule has 4 rings (SSSR count). The Balaban J connectivity index is 1.45. The number of carbonyl (C=O) groups excluding carboxylic acids is 1. The lowest BCUT2D eigenvalue weighted by atomic mass is 9.87. The molecule has 2 saturated heterocycles. The van der Waals surface area contributed by atoms with Crippen molar-refractivity contribution in [1.82, 2.24) is 19.4 Å². The molecule has 0 aliphatic carbocycles. The second-order valence-corrected chi connectivity index (χ2v) is 7.79. The summed E-state index contributed by atoms with van der Waals surface area (Å²) in [5.41, 5.74) is 3.22. The van der Waals surface area contributed by atoms with Gasteiger partial charge in [0.05, 0.1) is 13.2 Å². The molecule has 1 spiro atoms. The molecule has 1 aromatic heterocycles.